The van der Waals surface area contributed by atoms with Gasteiger partial charge in [0.1, 0.15) is 0 Å². The fraction of sp³-hybridized carbons (Fsp3) is 0.417. The highest BCUT2D eigenvalue weighted by atomic mass is 16.6. The van der Waals surface area contributed by atoms with Crippen molar-refractivity contribution in [1.82, 2.24) is 10.2 Å². The van der Waals surface area contributed by atoms with Crippen molar-refractivity contribution in [3.63, 3.8) is 0 Å². The molecular weight excluding hydrogens is 234 g/mol. The zero-order valence-electron chi connectivity index (χ0n) is 10.2. The van der Waals surface area contributed by atoms with E-state index >= 15 is 0 Å². The van der Waals surface area contributed by atoms with Crippen molar-refractivity contribution in [1.29, 1.82) is 0 Å². The van der Waals surface area contributed by atoms with E-state index in [0.717, 1.165) is 18.7 Å². The molecule has 0 aliphatic carbocycles. The number of amides is 1. The molecule has 1 aliphatic rings. The summed E-state index contributed by atoms with van der Waals surface area (Å²) in [5.74, 6) is -0.127. The molecule has 96 valence electrons. The predicted molar refractivity (Wildman–Crippen MR) is 66.6 cm³/mol. The fourth-order valence-electron chi connectivity index (χ4n) is 1.99. The van der Waals surface area contributed by atoms with Gasteiger partial charge in [0, 0.05) is 43.9 Å². The van der Waals surface area contributed by atoms with Gasteiger partial charge in [0.05, 0.1) is 4.92 Å². The van der Waals surface area contributed by atoms with E-state index in [1.807, 2.05) is 0 Å². The van der Waals surface area contributed by atoms with E-state index in [0.29, 0.717) is 18.7 Å². The maximum absolute atomic E-state index is 12.3. The Hall–Kier alpha value is -1.95. The van der Waals surface area contributed by atoms with Gasteiger partial charge in [-0.15, -0.1) is 0 Å². The molecule has 1 N–H and O–H groups in total. The Morgan fingerprint density at radius 3 is 2.67 bits per heavy atom. The van der Waals surface area contributed by atoms with Crippen LogP contribution in [0, 0.1) is 17.0 Å². The monoisotopic (exact) mass is 249 g/mol. The number of carbonyl (C=O) groups excluding carboxylic acids is 1. The van der Waals surface area contributed by atoms with Crippen molar-refractivity contribution in [2.24, 2.45) is 0 Å². The minimum Gasteiger partial charge on any atom is -0.336 e. The number of rotatable bonds is 2. The third-order valence-corrected chi connectivity index (χ3v) is 3.07. The number of piperazine rings is 1. The van der Waals surface area contributed by atoms with Gasteiger partial charge in [0.25, 0.3) is 11.6 Å². The summed E-state index contributed by atoms with van der Waals surface area (Å²) in [5.41, 5.74) is 1.15. The van der Waals surface area contributed by atoms with E-state index in [1.165, 1.54) is 12.1 Å². The number of non-ortho nitro benzene ring substituents is 1. The number of hydrogen-bond donors (Lipinski definition) is 1. The predicted octanol–water partition coefficient (Wildman–Crippen LogP) is 0.949. The van der Waals surface area contributed by atoms with Crippen LogP contribution in [-0.4, -0.2) is 41.9 Å². The molecule has 0 radical (unpaired) electrons. The number of carbonyl (C=O) groups is 1. The average molecular weight is 249 g/mol. The Kier molecular flexibility index (Phi) is 3.57. The Labute approximate surface area is 105 Å². The Balaban J connectivity index is 2.28. The van der Waals surface area contributed by atoms with Crippen LogP contribution in [0.25, 0.3) is 0 Å². The summed E-state index contributed by atoms with van der Waals surface area (Å²) in [5, 5.41) is 13.9. The third-order valence-electron chi connectivity index (χ3n) is 3.07. The van der Waals surface area contributed by atoms with Gasteiger partial charge in [-0.05, 0) is 12.5 Å². The molecule has 0 aromatic heterocycles. The third kappa shape index (κ3) is 2.48. The van der Waals surface area contributed by atoms with Gasteiger partial charge in [-0.1, -0.05) is 6.07 Å². The molecule has 2 rings (SSSR count). The lowest BCUT2D eigenvalue weighted by molar-refractivity contribution is -0.384. The summed E-state index contributed by atoms with van der Waals surface area (Å²) in [6, 6.07) is 4.40. The van der Waals surface area contributed by atoms with E-state index in [9.17, 15) is 14.9 Å². The summed E-state index contributed by atoms with van der Waals surface area (Å²) >= 11 is 0. The molecule has 0 spiro atoms. The van der Waals surface area contributed by atoms with Crippen LogP contribution in [-0.2, 0) is 0 Å². The van der Waals surface area contributed by atoms with Crippen molar-refractivity contribution in [3.8, 4) is 0 Å². The minimum atomic E-state index is -0.478. The number of hydrogen-bond acceptors (Lipinski definition) is 4. The second kappa shape index (κ2) is 5.14. The van der Waals surface area contributed by atoms with E-state index in [4.69, 9.17) is 0 Å². The van der Waals surface area contributed by atoms with E-state index in [-0.39, 0.29) is 11.6 Å². The quantitative estimate of drug-likeness (QED) is 0.625. The average Bonchev–Trinajstić information content (AvgIpc) is 2.39. The van der Waals surface area contributed by atoms with Gasteiger partial charge >= 0.3 is 0 Å². The first-order valence-electron chi connectivity index (χ1n) is 5.84. The van der Waals surface area contributed by atoms with Crippen molar-refractivity contribution >= 4 is 11.6 Å². The topological polar surface area (TPSA) is 75.5 Å². The highest BCUT2D eigenvalue weighted by molar-refractivity contribution is 5.96. The van der Waals surface area contributed by atoms with E-state index in [2.05, 4.69) is 5.32 Å². The summed E-state index contributed by atoms with van der Waals surface area (Å²) in [6.07, 6.45) is 0. The number of benzene rings is 1. The van der Waals surface area contributed by atoms with Gasteiger partial charge in [0.2, 0.25) is 0 Å². The molecule has 1 fully saturated rings. The zero-order valence-corrected chi connectivity index (χ0v) is 10.2. The molecule has 1 aromatic carbocycles. The van der Waals surface area contributed by atoms with Crippen molar-refractivity contribution in [3.05, 3.63) is 39.4 Å². The second-order valence-corrected chi connectivity index (χ2v) is 4.30. The highest BCUT2D eigenvalue weighted by Crippen LogP contribution is 2.19. The standard InChI is InChI=1S/C12H15N3O3/c1-9-2-3-10(15(17)18)8-11(9)12(16)14-6-4-13-5-7-14/h2-3,8,13H,4-7H2,1H3. The molecule has 1 aromatic rings. The number of nitro groups is 1. The lowest BCUT2D eigenvalue weighted by Crippen LogP contribution is -2.46. The molecule has 1 heterocycles. The Morgan fingerprint density at radius 2 is 2.06 bits per heavy atom. The largest absolute Gasteiger partial charge is 0.336 e. The highest BCUT2D eigenvalue weighted by Gasteiger charge is 2.21. The van der Waals surface area contributed by atoms with Gasteiger partial charge in [-0.25, -0.2) is 0 Å². The smallest absolute Gasteiger partial charge is 0.270 e. The van der Waals surface area contributed by atoms with Crippen LogP contribution in [0.1, 0.15) is 15.9 Å². The molecule has 0 bridgehead atoms. The molecular formula is C12H15N3O3. The molecule has 6 nitrogen and oxygen atoms in total. The molecule has 0 unspecified atom stereocenters. The van der Waals surface area contributed by atoms with E-state index in [1.54, 1.807) is 17.9 Å². The zero-order chi connectivity index (χ0) is 13.1. The first-order chi connectivity index (χ1) is 8.59. The van der Waals surface area contributed by atoms with Crippen molar-refractivity contribution in [2.75, 3.05) is 26.2 Å². The van der Waals surface area contributed by atoms with E-state index < -0.39 is 4.92 Å². The minimum absolute atomic E-state index is 0.0425. The van der Waals surface area contributed by atoms with Crippen molar-refractivity contribution < 1.29 is 9.72 Å². The van der Waals surface area contributed by atoms with Crippen LogP contribution >= 0.6 is 0 Å². The molecule has 6 heteroatoms. The lowest BCUT2D eigenvalue weighted by Gasteiger charge is -2.27. The Bertz CT molecular complexity index is 481. The summed E-state index contributed by atoms with van der Waals surface area (Å²) < 4.78 is 0. The second-order valence-electron chi connectivity index (χ2n) is 4.30. The number of nitrogens with zero attached hydrogens (tertiary/aromatic N) is 2. The maximum Gasteiger partial charge on any atom is 0.270 e. The van der Waals surface area contributed by atoms with Crippen LogP contribution in [0.2, 0.25) is 0 Å². The summed E-state index contributed by atoms with van der Waals surface area (Å²) in [6.45, 7) is 4.60. The number of nitro benzene ring substituents is 1. The van der Waals surface area contributed by atoms with Gasteiger partial charge in [0.15, 0.2) is 0 Å². The van der Waals surface area contributed by atoms with Crippen LogP contribution in [0.15, 0.2) is 18.2 Å². The SMILES string of the molecule is Cc1ccc([N+](=O)[O-])cc1C(=O)N1CCNCC1. The molecule has 0 atom stereocenters. The molecule has 0 saturated carbocycles. The summed E-state index contributed by atoms with van der Waals surface area (Å²) in [7, 11) is 0. The van der Waals surface area contributed by atoms with Crippen LogP contribution in [0.4, 0.5) is 5.69 Å². The molecule has 1 aliphatic heterocycles. The fourth-order valence-corrected chi connectivity index (χ4v) is 1.99. The maximum atomic E-state index is 12.3. The molecule has 1 saturated heterocycles. The van der Waals surface area contributed by atoms with Gasteiger partial charge in [-0.2, -0.15) is 0 Å². The van der Waals surface area contributed by atoms with Crippen LogP contribution in [0.5, 0.6) is 0 Å². The molecule has 18 heavy (non-hydrogen) atoms. The van der Waals surface area contributed by atoms with Crippen LogP contribution < -0.4 is 5.32 Å². The number of nitrogens with one attached hydrogen (secondary N) is 1. The normalized spacial score (nSPS) is 15.5. The molecule has 1 amide bonds. The van der Waals surface area contributed by atoms with Gasteiger partial charge < -0.3 is 10.2 Å². The Morgan fingerprint density at radius 1 is 1.39 bits per heavy atom. The number of aryl methyl sites for hydroxylation is 1. The van der Waals surface area contributed by atoms with Crippen LogP contribution in [0.3, 0.4) is 0 Å². The first-order valence-corrected chi connectivity index (χ1v) is 5.84. The lowest BCUT2D eigenvalue weighted by atomic mass is 10.1. The van der Waals surface area contributed by atoms with Gasteiger partial charge in [-0.3, -0.25) is 14.9 Å². The summed E-state index contributed by atoms with van der Waals surface area (Å²) in [4.78, 5) is 24.3. The van der Waals surface area contributed by atoms with Crippen molar-refractivity contribution in [2.45, 2.75) is 6.92 Å². The first kappa shape index (κ1) is 12.5.